The Morgan fingerprint density at radius 3 is 2.71 bits per heavy atom. The van der Waals surface area contributed by atoms with Crippen molar-refractivity contribution in [2.24, 2.45) is 0 Å². The average molecular weight is 287 g/mol. The number of likely N-dealkylation sites (N-methyl/N-ethyl adjacent to an activating group) is 2. The highest BCUT2D eigenvalue weighted by Gasteiger charge is 2.31. The fourth-order valence-corrected chi connectivity index (χ4v) is 2.80. The largest absolute Gasteiger partial charge is 0.385 e. The first-order valence-corrected chi connectivity index (χ1v) is 7.19. The van der Waals surface area contributed by atoms with Gasteiger partial charge in [0.25, 0.3) is 0 Å². The average Bonchev–Trinajstić information content (AvgIpc) is 2.99. The Bertz CT molecular complexity index is 585. The van der Waals surface area contributed by atoms with Crippen LogP contribution in [0, 0.1) is 0 Å². The van der Waals surface area contributed by atoms with Crippen LogP contribution in [-0.4, -0.2) is 69.7 Å². The Hall–Kier alpha value is -1.76. The number of para-hydroxylation sites is 1. The van der Waals surface area contributed by atoms with Crippen LogP contribution in [0.2, 0.25) is 0 Å². The number of nitrogens with zero attached hydrogens (tertiary/aromatic N) is 5. The lowest BCUT2D eigenvalue weighted by molar-refractivity contribution is 0.0106. The van der Waals surface area contributed by atoms with Crippen molar-refractivity contribution in [3.63, 3.8) is 0 Å². The van der Waals surface area contributed by atoms with E-state index in [1.165, 1.54) is 0 Å². The van der Waals surface area contributed by atoms with E-state index in [0.29, 0.717) is 0 Å². The monoisotopic (exact) mass is 287 g/mol. The summed E-state index contributed by atoms with van der Waals surface area (Å²) in [5.41, 5.74) is 1.64. The van der Waals surface area contributed by atoms with Gasteiger partial charge < -0.3 is 10.0 Å². The molecule has 2 heterocycles. The molecule has 21 heavy (non-hydrogen) atoms. The SMILES string of the molecule is CN1CCN(C)C(C(O)c2cnnn2-c2ccccc2)C1. The zero-order valence-electron chi connectivity index (χ0n) is 12.4. The summed E-state index contributed by atoms with van der Waals surface area (Å²) >= 11 is 0. The predicted octanol–water partition coefficient (Wildman–Crippen LogP) is 0.546. The van der Waals surface area contributed by atoms with E-state index in [2.05, 4.69) is 34.2 Å². The molecule has 1 N–H and O–H groups in total. The lowest BCUT2D eigenvalue weighted by atomic mass is 10.0. The van der Waals surface area contributed by atoms with Crippen LogP contribution in [0.1, 0.15) is 11.8 Å². The molecule has 3 rings (SSSR count). The summed E-state index contributed by atoms with van der Waals surface area (Å²) in [7, 11) is 4.14. The lowest BCUT2D eigenvalue weighted by Crippen LogP contribution is -2.52. The van der Waals surface area contributed by atoms with Crippen molar-refractivity contribution in [3.8, 4) is 5.69 Å². The topological polar surface area (TPSA) is 57.4 Å². The van der Waals surface area contributed by atoms with Crippen molar-refractivity contribution < 1.29 is 5.11 Å². The molecule has 2 aromatic rings. The fourth-order valence-electron chi connectivity index (χ4n) is 2.80. The molecule has 1 saturated heterocycles. The van der Waals surface area contributed by atoms with E-state index < -0.39 is 6.10 Å². The van der Waals surface area contributed by atoms with Crippen LogP contribution in [-0.2, 0) is 0 Å². The third-order valence-corrected chi connectivity index (χ3v) is 4.14. The Kier molecular flexibility index (Phi) is 4.01. The summed E-state index contributed by atoms with van der Waals surface area (Å²) in [4.78, 5) is 4.44. The molecule has 0 amide bonds. The summed E-state index contributed by atoms with van der Waals surface area (Å²) < 4.78 is 1.72. The van der Waals surface area contributed by atoms with E-state index in [1.807, 2.05) is 30.3 Å². The zero-order chi connectivity index (χ0) is 14.8. The van der Waals surface area contributed by atoms with Crippen LogP contribution in [0.25, 0.3) is 5.69 Å². The molecule has 0 saturated carbocycles. The van der Waals surface area contributed by atoms with E-state index in [4.69, 9.17) is 0 Å². The minimum Gasteiger partial charge on any atom is -0.385 e. The van der Waals surface area contributed by atoms with Crippen LogP contribution in [0.4, 0.5) is 0 Å². The van der Waals surface area contributed by atoms with Gasteiger partial charge in [-0.05, 0) is 26.2 Å². The summed E-state index contributed by atoms with van der Waals surface area (Å²) in [5, 5.41) is 18.9. The maximum atomic E-state index is 10.8. The Morgan fingerprint density at radius 2 is 1.95 bits per heavy atom. The van der Waals surface area contributed by atoms with Gasteiger partial charge >= 0.3 is 0 Å². The van der Waals surface area contributed by atoms with Gasteiger partial charge in [-0.15, -0.1) is 5.10 Å². The lowest BCUT2D eigenvalue weighted by Gasteiger charge is -2.39. The number of hydrogen-bond acceptors (Lipinski definition) is 5. The minimum absolute atomic E-state index is 0.0460. The van der Waals surface area contributed by atoms with Gasteiger partial charge in [-0.1, -0.05) is 23.4 Å². The number of piperazine rings is 1. The number of benzene rings is 1. The standard InChI is InChI=1S/C15H21N5O/c1-18-8-9-19(2)14(11-18)15(21)13-10-16-17-20(13)12-6-4-3-5-7-12/h3-7,10,14-15,21H,8-9,11H2,1-2H3. The summed E-state index contributed by atoms with van der Waals surface area (Å²) in [6.45, 7) is 2.80. The van der Waals surface area contributed by atoms with Gasteiger partial charge in [-0.3, -0.25) is 4.90 Å². The first kappa shape index (κ1) is 14.2. The molecule has 1 aliphatic rings. The first-order valence-electron chi connectivity index (χ1n) is 7.19. The molecule has 1 aliphatic heterocycles. The van der Waals surface area contributed by atoms with Gasteiger partial charge in [-0.2, -0.15) is 0 Å². The maximum absolute atomic E-state index is 10.8. The van der Waals surface area contributed by atoms with Crippen molar-refractivity contribution >= 4 is 0 Å². The van der Waals surface area contributed by atoms with Crippen LogP contribution in [0.3, 0.4) is 0 Å². The molecule has 1 aromatic heterocycles. The quantitative estimate of drug-likeness (QED) is 0.893. The van der Waals surface area contributed by atoms with Crippen molar-refractivity contribution in [2.75, 3.05) is 33.7 Å². The van der Waals surface area contributed by atoms with Crippen LogP contribution >= 0.6 is 0 Å². The molecule has 0 radical (unpaired) electrons. The second kappa shape index (κ2) is 5.93. The second-order valence-electron chi connectivity index (χ2n) is 5.66. The molecule has 1 aromatic carbocycles. The number of aliphatic hydroxyl groups is 1. The molecular formula is C15H21N5O. The van der Waals surface area contributed by atoms with Crippen molar-refractivity contribution in [2.45, 2.75) is 12.1 Å². The van der Waals surface area contributed by atoms with Gasteiger partial charge in [0, 0.05) is 19.6 Å². The normalized spacial score (nSPS) is 22.3. The molecule has 6 nitrogen and oxygen atoms in total. The Balaban J connectivity index is 1.89. The summed E-state index contributed by atoms with van der Waals surface area (Å²) in [5.74, 6) is 0. The van der Waals surface area contributed by atoms with Gasteiger partial charge in [-0.25, -0.2) is 4.68 Å². The van der Waals surface area contributed by atoms with Crippen LogP contribution in [0.15, 0.2) is 36.5 Å². The molecule has 2 unspecified atom stereocenters. The van der Waals surface area contributed by atoms with Gasteiger partial charge in [0.15, 0.2) is 0 Å². The smallest absolute Gasteiger partial charge is 0.114 e. The number of aromatic nitrogens is 3. The second-order valence-corrected chi connectivity index (χ2v) is 5.66. The highest BCUT2D eigenvalue weighted by atomic mass is 16.3. The van der Waals surface area contributed by atoms with E-state index >= 15 is 0 Å². The van der Waals surface area contributed by atoms with Gasteiger partial charge in [0.05, 0.1) is 23.6 Å². The molecule has 2 atom stereocenters. The van der Waals surface area contributed by atoms with E-state index in [0.717, 1.165) is 31.0 Å². The number of rotatable bonds is 3. The van der Waals surface area contributed by atoms with Crippen molar-refractivity contribution in [1.82, 2.24) is 24.8 Å². The predicted molar refractivity (Wildman–Crippen MR) is 80.2 cm³/mol. The maximum Gasteiger partial charge on any atom is 0.114 e. The molecule has 1 fully saturated rings. The highest BCUT2D eigenvalue weighted by Crippen LogP contribution is 2.24. The summed E-state index contributed by atoms with van der Waals surface area (Å²) in [6, 6.07) is 9.83. The molecule has 0 spiro atoms. The Morgan fingerprint density at radius 1 is 1.19 bits per heavy atom. The van der Waals surface area contributed by atoms with E-state index in [9.17, 15) is 5.11 Å². The van der Waals surface area contributed by atoms with Crippen LogP contribution in [0.5, 0.6) is 0 Å². The zero-order valence-corrected chi connectivity index (χ0v) is 12.4. The summed E-state index contributed by atoms with van der Waals surface area (Å²) in [6.07, 6.45) is 1.04. The van der Waals surface area contributed by atoms with Gasteiger partial charge in [0.2, 0.25) is 0 Å². The third-order valence-electron chi connectivity index (χ3n) is 4.14. The molecule has 6 heteroatoms. The van der Waals surface area contributed by atoms with Crippen LogP contribution < -0.4 is 0 Å². The highest BCUT2D eigenvalue weighted by molar-refractivity contribution is 5.32. The molecular weight excluding hydrogens is 266 g/mol. The number of aliphatic hydroxyl groups excluding tert-OH is 1. The fraction of sp³-hybridized carbons (Fsp3) is 0.467. The van der Waals surface area contributed by atoms with Gasteiger partial charge in [0.1, 0.15) is 6.10 Å². The molecule has 112 valence electrons. The molecule has 0 bridgehead atoms. The number of hydrogen-bond donors (Lipinski definition) is 1. The first-order chi connectivity index (χ1) is 10.2. The molecule has 0 aliphatic carbocycles. The minimum atomic E-state index is -0.618. The Labute approximate surface area is 124 Å². The van der Waals surface area contributed by atoms with Crippen molar-refractivity contribution in [3.05, 3.63) is 42.2 Å². The van der Waals surface area contributed by atoms with Crippen molar-refractivity contribution in [1.29, 1.82) is 0 Å². The third kappa shape index (κ3) is 2.83. The van der Waals surface area contributed by atoms with E-state index in [-0.39, 0.29) is 6.04 Å². The van der Waals surface area contributed by atoms with E-state index in [1.54, 1.807) is 10.9 Å².